The van der Waals surface area contributed by atoms with Gasteiger partial charge in [0, 0.05) is 5.70 Å². The molecule has 1 aliphatic rings. The topological polar surface area (TPSA) is 83.5 Å². The molecule has 0 bridgehead atoms. The average Bonchev–Trinajstić information content (AvgIpc) is 2.68. The quantitative estimate of drug-likeness (QED) is 0.637. The first-order valence-corrected chi connectivity index (χ1v) is 11.8. The van der Waals surface area contributed by atoms with Gasteiger partial charge < -0.3 is 5.11 Å². The molecule has 0 aromatic heterocycles. The van der Waals surface area contributed by atoms with Crippen molar-refractivity contribution in [3.05, 3.63) is 59.0 Å². The van der Waals surface area contributed by atoms with Crippen molar-refractivity contribution in [2.24, 2.45) is 0 Å². The first-order chi connectivity index (χ1) is 14.2. The van der Waals surface area contributed by atoms with Crippen molar-refractivity contribution >= 4 is 26.8 Å². The standard InChI is InChI=1S/C23H28FNO4S/c1-15(25-30(28,29)20-6-4-3-5-7-20)8-11-21-16(2)18(13-23(26)27)12-17-9-10-19(24)14-22(17)21/h9-10,12,14,20,25H,1,3-8,11,13H2,2H3,(H,26,27). The number of rotatable bonds is 8. The number of nitrogens with one attached hydrogen (secondary N) is 1. The minimum atomic E-state index is -3.46. The van der Waals surface area contributed by atoms with E-state index in [1.165, 1.54) is 12.1 Å². The lowest BCUT2D eigenvalue weighted by atomic mass is 9.90. The van der Waals surface area contributed by atoms with E-state index in [1.54, 1.807) is 12.1 Å². The van der Waals surface area contributed by atoms with E-state index < -0.39 is 16.0 Å². The molecule has 2 aromatic rings. The lowest BCUT2D eigenvalue weighted by Gasteiger charge is -2.23. The number of halogens is 1. The van der Waals surface area contributed by atoms with Gasteiger partial charge in [-0.05, 0) is 72.2 Å². The second kappa shape index (κ2) is 9.16. The SMILES string of the molecule is C=C(CCc1c(C)c(CC(=O)O)cc2ccc(F)cc12)NS(=O)(=O)C1CCCCC1. The summed E-state index contributed by atoms with van der Waals surface area (Å²) in [4.78, 5) is 11.2. The minimum Gasteiger partial charge on any atom is -0.481 e. The van der Waals surface area contributed by atoms with Gasteiger partial charge in [0.05, 0.1) is 11.7 Å². The molecule has 0 atom stereocenters. The maximum Gasteiger partial charge on any atom is 0.307 e. The molecule has 2 aromatic carbocycles. The molecule has 5 nitrogen and oxygen atoms in total. The maximum absolute atomic E-state index is 13.9. The van der Waals surface area contributed by atoms with Gasteiger partial charge in [-0.25, -0.2) is 12.8 Å². The number of carboxylic acids is 1. The summed E-state index contributed by atoms with van der Waals surface area (Å²) < 4.78 is 41.8. The van der Waals surface area contributed by atoms with Crippen LogP contribution < -0.4 is 4.72 Å². The molecular weight excluding hydrogens is 405 g/mol. The number of carbonyl (C=O) groups is 1. The van der Waals surface area contributed by atoms with Gasteiger partial charge in [-0.15, -0.1) is 0 Å². The van der Waals surface area contributed by atoms with Crippen LogP contribution in [0.2, 0.25) is 0 Å². The Hall–Kier alpha value is -2.41. The zero-order valence-corrected chi connectivity index (χ0v) is 18.0. The Morgan fingerprint density at radius 2 is 1.93 bits per heavy atom. The van der Waals surface area contributed by atoms with Crippen LogP contribution >= 0.6 is 0 Å². The van der Waals surface area contributed by atoms with Crippen molar-refractivity contribution in [1.29, 1.82) is 0 Å². The van der Waals surface area contributed by atoms with Crippen molar-refractivity contribution in [3.63, 3.8) is 0 Å². The van der Waals surface area contributed by atoms with E-state index in [1.807, 2.05) is 6.92 Å². The van der Waals surface area contributed by atoms with Gasteiger partial charge in [-0.2, -0.15) is 0 Å². The second-order valence-corrected chi connectivity index (χ2v) is 10.0. The third kappa shape index (κ3) is 5.19. The van der Waals surface area contributed by atoms with Crippen molar-refractivity contribution in [2.75, 3.05) is 0 Å². The number of hydrogen-bond acceptors (Lipinski definition) is 3. The summed E-state index contributed by atoms with van der Waals surface area (Å²) >= 11 is 0. The number of fused-ring (bicyclic) bond motifs is 1. The number of benzene rings is 2. The van der Waals surface area contributed by atoms with Gasteiger partial charge in [0.2, 0.25) is 10.0 Å². The fourth-order valence-corrected chi connectivity index (χ4v) is 5.89. The number of aryl methyl sites for hydroxylation is 1. The molecule has 30 heavy (non-hydrogen) atoms. The monoisotopic (exact) mass is 433 g/mol. The molecular formula is C23H28FNO4S. The van der Waals surface area contributed by atoms with Gasteiger partial charge in [-0.3, -0.25) is 9.52 Å². The van der Waals surface area contributed by atoms with E-state index in [0.717, 1.165) is 35.8 Å². The number of hydrogen-bond donors (Lipinski definition) is 2. The summed E-state index contributed by atoms with van der Waals surface area (Å²) in [5, 5.41) is 10.3. The third-order valence-corrected chi connectivity index (χ3v) is 7.82. The predicted molar refractivity (Wildman–Crippen MR) is 116 cm³/mol. The molecule has 1 saturated carbocycles. The Morgan fingerprint density at radius 1 is 1.23 bits per heavy atom. The van der Waals surface area contributed by atoms with Crippen LogP contribution in [-0.4, -0.2) is 24.7 Å². The zero-order chi connectivity index (χ0) is 21.9. The van der Waals surface area contributed by atoms with Gasteiger partial charge in [0.1, 0.15) is 5.82 Å². The summed E-state index contributed by atoms with van der Waals surface area (Å²) in [6.07, 6.45) is 4.92. The van der Waals surface area contributed by atoms with Crippen molar-refractivity contribution in [1.82, 2.24) is 4.72 Å². The van der Waals surface area contributed by atoms with Crippen LogP contribution in [0.3, 0.4) is 0 Å². The summed E-state index contributed by atoms with van der Waals surface area (Å²) in [5.74, 6) is -1.30. The van der Waals surface area contributed by atoms with Crippen LogP contribution in [0.5, 0.6) is 0 Å². The molecule has 7 heteroatoms. The highest BCUT2D eigenvalue weighted by molar-refractivity contribution is 7.90. The molecule has 0 heterocycles. The van der Waals surface area contributed by atoms with Gasteiger partial charge in [-0.1, -0.05) is 38.0 Å². The van der Waals surface area contributed by atoms with E-state index in [-0.39, 0.29) is 17.5 Å². The third-order valence-electron chi connectivity index (χ3n) is 5.90. The van der Waals surface area contributed by atoms with Gasteiger partial charge in [0.15, 0.2) is 0 Å². The predicted octanol–water partition coefficient (Wildman–Crippen LogP) is 4.61. The molecule has 0 radical (unpaired) electrons. The molecule has 0 unspecified atom stereocenters. The highest BCUT2D eigenvalue weighted by Gasteiger charge is 2.27. The van der Waals surface area contributed by atoms with Crippen LogP contribution in [-0.2, 0) is 27.7 Å². The highest BCUT2D eigenvalue weighted by atomic mass is 32.2. The molecule has 0 amide bonds. The smallest absolute Gasteiger partial charge is 0.307 e. The number of allylic oxidation sites excluding steroid dienone is 1. The van der Waals surface area contributed by atoms with Crippen LogP contribution in [0.25, 0.3) is 10.8 Å². The summed E-state index contributed by atoms with van der Waals surface area (Å²) in [6.45, 7) is 5.72. The summed E-state index contributed by atoms with van der Waals surface area (Å²) in [5.41, 5.74) is 2.68. The van der Waals surface area contributed by atoms with Crippen LogP contribution in [0.4, 0.5) is 4.39 Å². The Morgan fingerprint density at radius 3 is 2.60 bits per heavy atom. The maximum atomic E-state index is 13.9. The Bertz CT molecular complexity index is 1070. The molecule has 3 rings (SSSR count). The fraction of sp³-hybridized carbons (Fsp3) is 0.435. The van der Waals surface area contributed by atoms with Gasteiger partial charge >= 0.3 is 5.97 Å². The van der Waals surface area contributed by atoms with E-state index in [9.17, 15) is 22.7 Å². The zero-order valence-electron chi connectivity index (χ0n) is 17.2. The van der Waals surface area contributed by atoms with Crippen molar-refractivity contribution < 1.29 is 22.7 Å². The van der Waals surface area contributed by atoms with Crippen LogP contribution in [0.15, 0.2) is 36.5 Å². The van der Waals surface area contributed by atoms with Crippen molar-refractivity contribution in [2.45, 2.75) is 63.5 Å². The molecule has 0 aliphatic heterocycles. The molecule has 1 aliphatic carbocycles. The largest absolute Gasteiger partial charge is 0.481 e. The number of aliphatic carboxylic acids is 1. The summed E-state index contributed by atoms with van der Waals surface area (Å²) in [6, 6.07) is 6.21. The minimum absolute atomic E-state index is 0.124. The second-order valence-electron chi connectivity index (χ2n) is 8.09. The molecule has 0 spiro atoms. The molecule has 0 saturated heterocycles. The van der Waals surface area contributed by atoms with E-state index in [0.29, 0.717) is 42.3 Å². The summed E-state index contributed by atoms with van der Waals surface area (Å²) in [7, 11) is -3.46. The van der Waals surface area contributed by atoms with E-state index in [2.05, 4.69) is 11.3 Å². The van der Waals surface area contributed by atoms with E-state index >= 15 is 0 Å². The fourth-order valence-electron chi connectivity index (χ4n) is 4.26. The van der Waals surface area contributed by atoms with Crippen molar-refractivity contribution in [3.8, 4) is 0 Å². The average molecular weight is 434 g/mol. The Kier molecular flexibility index (Phi) is 6.81. The Balaban J connectivity index is 1.82. The first kappa shape index (κ1) is 22.3. The van der Waals surface area contributed by atoms with Gasteiger partial charge in [0.25, 0.3) is 0 Å². The highest BCUT2D eigenvalue weighted by Crippen LogP contribution is 2.29. The Labute approximate surface area is 177 Å². The lowest BCUT2D eigenvalue weighted by molar-refractivity contribution is -0.136. The molecule has 2 N–H and O–H groups in total. The molecule has 162 valence electrons. The molecule has 1 fully saturated rings. The number of sulfonamides is 1. The van der Waals surface area contributed by atoms with E-state index in [4.69, 9.17) is 0 Å². The number of carboxylic acid groups (broad SMARTS) is 1. The van der Waals surface area contributed by atoms with Crippen LogP contribution in [0.1, 0.15) is 55.2 Å². The van der Waals surface area contributed by atoms with Crippen LogP contribution in [0, 0.1) is 12.7 Å². The first-order valence-electron chi connectivity index (χ1n) is 10.3. The normalized spacial score (nSPS) is 15.3. The lowest BCUT2D eigenvalue weighted by Crippen LogP contribution is -2.35.